The van der Waals surface area contributed by atoms with Crippen molar-refractivity contribution in [3.63, 3.8) is 0 Å². The van der Waals surface area contributed by atoms with Gasteiger partial charge in [0.2, 0.25) is 5.79 Å². The molecule has 434 valence electrons. The van der Waals surface area contributed by atoms with Crippen LogP contribution in [0.15, 0.2) is 12.1 Å². The van der Waals surface area contributed by atoms with Crippen LogP contribution in [0.3, 0.4) is 0 Å². The molecule has 1 aromatic carbocycles. The molecule has 24 atom stereocenters. The molecule has 17 heteroatoms. The number of aliphatic carboxylic acids is 2. The van der Waals surface area contributed by atoms with E-state index in [9.17, 15) is 54.9 Å². The third kappa shape index (κ3) is 7.18. The minimum Gasteiger partial charge on any atom is -0.484 e. The minimum atomic E-state index is -2.00. The molecule has 10 aliphatic rings. The van der Waals surface area contributed by atoms with Crippen LogP contribution in [0.5, 0.6) is 5.75 Å². The molecule has 0 spiro atoms. The van der Waals surface area contributed by atoms with Gasteiger partial charge < -0.3 is 64.2 Å². The summed E-state index contributed by atoms with van der Waals surface area (Å²) in [5.41, 5.74) is -2.50. The summed E-state index contributed by atoms with van der Waals surface area (Å²) in [6.07, 6.45) is 1.22. The summed E-state index contributed by atoms with van der Waals surface area (Å²) < 4.78 is 35.4. The maximum atomic E-state index is 14.0. The van der Waals surface area contributed by atoms with Crippen molar-refractivity contribution >= 4 is 23.9 Å². The first-order valence-electron chi connectivity index (χ1n) is 29.4. The Hall–Kier alpha value is -3.42. The van der Waals surface area contributed by atoms with Crippen molar-refractivity contribution in [1.82, 2.24) is 0 Å². The SMILES string of the molecule is COC(=O)CCC1(O)OC(=O)c2c1ccc1c2C[C@@H]2[C@](CO)(CC[C@H]3[C@@]2(C)CC[C@H]2[C@]4(C)CC[C@H]5[C@]6(C)CC[C@H]7[C@@](C)(C(=O)O)[C@@H](O[C@@H]8O[C@H](C(=O)O)[C@@H](O)[C@H](O)[C@H]8OC)C[C@@H](C)[C@]7(C)[C@H]6C[C@@H](C)[C@]5(C)[C@H]4CC[C@]32CO)O1. The summed E-state index contributed by atoms with van der Waals surface area (Å²) in [6.45, 7) is 18.7. The standard InChI is InChI=1S/C61H88O17/c1-30-25-40-54(4,21-15-39-57(40,7)31(2)26-42(58(39,8)52(70)71)75-51-48(74-10)46(66)45(65)47(76-51)49(67)68)35-13-19-53(3)36(56(30,35)6)16-22-59(28-62)37(53)14-20-55(5)38(59)17-23-60(29-63)41(55)27-32-34(77-60)12-11-33-44(32)50(69)78-61(33,72)24-18-43(64)73-9/h11-12,30-31,35-42,45-48,51,62-63,65-66,72H,13-29H2,1-10H3,(H,67,68)(H,70,71)/t30-,31-,35+,36+,37+,38+,39-,40+,41+,42+,45+,46+,47+,48-,51-,53-,54+,55-,56+,57+,58-,59-,60-,61?/m1/s1. The number of cyclic esters (lactones) is 1. The van der Waals surface area contributed by atoms with Gasteiger partial charge in [0, 0.05) is 42.6 Å². The van der Waals surface area contributed by atoms with E-state index in [1.165, 1.54) is 14.2 Å². The molecule has 7 aliphatic carbocycles. The van der Waals surface area contributed by atoms with Crippen LogP contribution in [0.25, 0.3) is 0 Å². The molecule has 0 radical (unpaired) electrons. The zero-order chi connectivity index (χ0) is 56.5. The first-order chi connectivity index (χ1) is 36.6. The Morgan fingerprint density at radius 1 is 0.705 bits per heavy atom. The van der Waals surface area contributed by atoms with Gasteiger partial charge in [-0.25, -0.2) is 9.59 Å². The second-order valence-electron chi connectivity index (χ2n) is 28.4. The van der Waals surface area contributed by atoms with Gasteiger partial charge in [-0.1, -0.05) is 48.5 Å². The normalized spacial score (nSPS) is 51.7. The number of carbonyl (C=O) groups is 4. The third-order valence-electron chi connectivity index (χ3n) is 26.3. The topological polar surface area (TPSA) is 265 Å². The van der Waals surface area contributed by atoms with Crippen molar-refractivity contribution in [2.24, 2.45) is 91.2 Å². The van der Waals surface area contributed by atoms with Gasteiger partial charge in [-0.05, 0) is 177 Å². The second-order valence-corrected chi connectivity index (χ2v) is 28.4. The third-order valence-corrected chi connectivity index (χ3v) is 26.3. The molecule has 1 saturated heterocycles. The van der Waals surface area contributed by atoms with E-state index in [1.807, 2.05) is 0 Å². The maximum absolute atomic E-state index is 14.0. The number of ether oxygens (including phenoxy) is 6. The number of rotatable bonds is 10. The highest BCUT2D eigenvalue weighted by Crippen LogP contribution is 2.81. The second kappa shape index (κ2) is 18.5. The van der Waals surface area contributed by atoms with Crippen LogP contribution in [0.4, 0.5) is 0 Å². The average Bonchev–Trinajstić information content (AvgIpc) is 2.52. The smallest absolute Gasteiger partial charge is 0.341 e. The fourth-order valence-electron chi connectivity index (χ4n) is 22.4. The average molecular weight is 1090 g/mol. The molecule has 0 aromatic heterocycles. The van der Waals surface area contributed by atoms with Gasteiger partial charge in [0.15, 0.2) is 12.4 Å². The van der Waals surface area contributed by atoms with E-state index in [2.05, 4.69) is 48.5 Å². The molecular weight excluding hydrogens is 1000 g/mol. The number of aliphatic hydroxyl groups is 5. The largest absolute Gasteiger partial charge is 0.484 e. The lowest BCUT2D eigenvalue weighted by molar-refractivity contribution is -0.335. The van der Waals surface area contributed by atoms with E-state index in [1.54, 1.807) is 19.1 Å². The number of carbonyl (C=O) groups excluding carboxylic acids is 2. The van der Waals surface area contributed by atoms with Gasteiger partial charge in [0.1, 0.15) is 29.7 Å². The Labute approximate surface area is 458 Å². The van der Waals surface area contributed by atoms with Crippen LogP contribution in [-0.2, 0) is 50.3 Å². The summed E-state index contributed by atoms with van der Waals surface area (Å²) in [5.74, 6) is -4.07. The predicted octanol–water partition coefficient (Wildman–Crippen LogP) is 7.02. The monoisotopic (exact) mass is 1090 g/mol. The molecule has 7 saturated carbocycles. The van der Waals surface area contributed by atoms with E-state index in [0.717, 1.165) is 57.8 Å². The van der Waals surface area contributed by atoms with E-state index in [0.29, 0.717) is 60.3 Å². The summed E-state index contributed by atoms with van der Waals surface area (Å²) in [5, 5.41) is 78.3. The molecular formula is C61H88O17. The van der Waals surface area contributed by atoms with Gasteiger partial charge in [-0.3, -0.25) is 9.59 Å². The molecule has 11 rings (SSSR count). The number of benzene rings is 1. The quantitative estimate of drug-likeness (QED) is 0.0917. The fourth-order valence-corrected chi connectivity index (χ4v) is 22.4. The van der Waals surface area contributed by atoms with Crippen molar-refractivity contribution in [3.05, 3.63) is 28.8 Å². The van der Waals surface area contributed by atoms with Crippen LogP contribution in [0, 0.1) is 91.2 Å². The number of carboxylic acids is 2. The Bertz CT molecular complexity index is 2610. The van der Waals surface area contributed by atoms with Crippen LogP contribution in [0.2, 0.25) is 0 Å². The van der Waals surface area contributed by atoms with Gasteiger partial charge in [-0.2, -0.15) is 0 Å². The van der Waals surface area contributed by atoms with E-state index in [-0.39, 0.29) is 94.2 Å². The molecule has 0 amide bonds. The molecule has 0 bridgehead atoms. The molecule has 1 unspecified atom stereocenters. The van der Waals surface area contributed by atoms with Gasteiger partial charge in [-0.15, -0.1) is 0 Å². The number of esters is 2. The van der Waals surface area contributed by atoms with E-state index < -0.39 is 82.9 Å². The first kappa shape index (κ1) is 56.4. The number of aliphatic hydroxyl groups excluding tert-OH is 4. The number of methoxy groups -OCH3 is 2. The van der Waals surface area contributed by atoms with Crippen LogP contribution < -0.4 is 4.74 Å². The van der Waals surface area contributed by atoms with Crippen LogP contribution >= 0.6 is 0 Å². The predicted molar refractivity (Wildman–Crippen MR) is 279 cm³/mol. The molecule has 8 fully saturated rings. The lowest BCUT2D eigenvalue weighted by Crippen LogP contribution is -2.73. The fraction of sp³-hybridized carbons (Fsp3) is 0.836. The maximum Gasteiger partial charge on any atom is 0.341 e. The Balaban J connectivity index is 0.875. The highest BCUT2D eigenvalue weighted by molar-refractivity contribution is 5.97. The lowest BCUT2D eigenvalue weighted by atomic mass is 9.27. The highest BCUT2D eigenvalue weighted by Gasteiger charge is 2.77. The number of hydrogen-bond acceptors (Lipinski definition) is 15. The highest BCUT2D eigenvalue weighted by atomic mass is 16.7. The Morgan fingerprint density at radius 3 is 1.88 bits per heavy atom. The molecule has 7 N–H and O–H groups in total. The van der Waals surface area contributed by atoms with E-state index >= 15 is 0 Å². The van der Waals surface area contributed by atoms with Crippen molar-refractivity contribution in [1.29, 1.82) is 0 Å². The summed E-state index contributed by atoms with van der Waals surface area (Å²) in [7, 11) is 2.58. The molecule has 17 nitrogen and oxygen atoms in total. The van der Waals surface area contributed by atoms with Crippen molar-refractivity contribution < 1.29 is 83.3 Å². The van der Waals surface area contributed by atoms with Gasteiger partial charge in [0.25, 0.3) is 0 Å². The summed E-state index contributed by atoms with van der Waals surface area (Å²) >= 11 is 0. The minimum absolute atomic E-state index is 0.000783. The number of fused-ring (bicyclic) bond motifs is 16. The Morgan fingerprint density at radius 2 is 1.28 bits per heavy atom. The summed E-state index contributed by atoms with van der Waals surface area (Å²) in [4.78, 5) is 52.1. The molecule has 1 aromatic rings. The number of hydrogen-bond donors (Lipinski definition) is 7. The van der Waals surface area contributed by atoms with Crippen molar-refractivity contribution in [2.75, 3.05) is 27.4 Å². The molecule has 3 aliphatic heterocycles. The van der Waals surface area contributed by atoms with E-state index in [4.69, 9.17) is 28.4 Å². The zero-order valence-corrected chi connectivity index (χ0v) is 47.5. The van der Waals surface area contributed by atoms with Gasteiger partial charge >= 0.3 is 23.9 Å². The molecule has 78 heavy (non-hydrogen) atoms. The van der Waals surface area contributed by atoms with Gasteiger partial charge in [0.05, 0.1) is 37.2 Å². The van der Waals surface area contributed by atoms with Crippen molar-refractivity contribution in [2.45, 2.75) is 200 Å². The lowest BCUT2D eigenvalue weighted by Gasteiger charge is -2.77. The molecule has 3 heterocycles. The van der Waals surface area contributed by atoms with Crippen LogP contribution in [0.1, 0.15) is 167 Å². The first-order valence-corrected chi connectivity index (χ1v) is 29.4. The zero-order valence-electron chi connectivity index (χ0n) is 47.5. The number of carboxylic acid groups (broad SMARTS) is 2. The summed E-state index contributed by atoms with van der Waals surface area (Å²) in [6, 6.07) is 3.40. The Kier molecular flexibility index (Phi) is 13.4. The van der Waals surface area contributed by atoms with Crippen LogP contribution in [-0.4, -0.2) is 129 Å². The van der Waals surface area contributed by atoms with Crippen molar-refractivity contribution in [3.8, 4) is 5.75 Å².